The molecule has 0 heterocycles. The molecule has 0 fully saturated rings. The maximum absolute atomic E-state index is 13.5. The molecule has 16 heavy (non-hydrogen) atoms. The average molecular weight is 290 g/mol. The zero-order chi connectivity index (χ0) is 12.3. The highest BCUT2D eigenvalue weighted by Gasteiger charge is 2.16. The van der Waals surface area contributed by atoms with Crippen LogP contribution in [0.4, 0.5) is 4.39 Å². The molecule has 0 aliphatic rings. The van der Waals surface area contributed by atoms with Gasteiger partial charge in [0.2, 0.25) is 0 Å². The Bertz CT molecular complexity index is 363. The highest BCUT2D eigenvalue weighted by Crippen LogP contribution is 2.21. The Balaban J connectivity index is 2.70. The monoisotopic (exact) mass is 289 g/mol. The van der Waals surface area contributed by atoms with Crippen molar-refractivity contribution in [1.29, 1.82) is 0 Å². The van der Waals surface area contributed by atoms with Gasteiger partial charge in [0.1, 0.15) is 5.82 Å². The quantitative estimate of drug-likeness (QED) is 0.897. The first-order valence-corrected chi connectivity index (χ1v) is 5.97. The first-order valence-electron chi connectivity index (χ1n) is 5.17. The molecule has 0 aliphatic heterocycles. The standard InChI is InChI=1S/C12H17BrFNO/c1-12(2,3)15-7-11(16)9-5-4-8(13)6-10(9)14/h4-6,11,15-16H,7H2,1-3H3. The van der Waals surface area contributed by atoms with Gasteiger partial charge in [-0.1, -0.05) is 22.0 Å². The summed E-state index contributed by atoms with van der Waals surface area (Å²) in [5.41, 5.74) is 0.229. The van der Waals surface area contributed by atoms with Crippen molar-refractivity contribution in [2.75, 3.05) is 6.54 Å². The van der Waals surface area contributed by atoms with Crippen LogP contribution in [0.2, 0.25) is 0 Å². The zero-order valence-corrected chi connectivity index (χ0v) is 11.3. The van der Waals surface area contributed by atoms with Crippen molar-refractivity contribution in [2.24, 2.45) is 0 Å². The van der Waals surface area contributed by atoms with E-state index < -0.39 is 11.9 Å². The van der Waals surface area contributed by atoms with Gasteiger partial charge in [0, 0.05) is 22.1 Å². The Labute approximate surface area is 104 Å². The number of benzene rings is 1. The van der Waals surface area contributed by atoms with Crippen molar-refractivity contribution in [3.63, 3.8) is 0 Å². The Morgan fingerprint density at radius 2 is 2.06 bits per heavy atom. The van der Waals surface area contributed by atoms with Gasteiger partial charge in [-0.15, -0.1) is 0 Å². The van der Waals surface area contributed by atoms with E-state index in [4.69, 9.17) is 0 Å². The Hall–Kier alpha value is -0.450. The molecule has 1 aromatic carbocycles. The molecule has 0 aliphatic carbocycles. The Morgan fingerprint density at radius 3 is 2.56 bits per heavy atom. The summed E-state index contributed by atoms with van der Waals surface area (Å²) in [6.45, 7) is 6.33. The maximum atomic E-state index is 13.5. The van der Waals surface area contributed by atoms with Gasteiger partial charge in [-0.25, -0.2) is 4.39 Å². The molecule has 1 atom stereocenters. The van der Waals surface area contributed by atoms with Crippen LogP contribution in [0.5, 0.6) is 0 Å². The summed E-state index contributed by atoms with van der Waals surface area (Å²) in [7, 11) is 0. The first-order chi connectivity index (χ1) is 7.29. The molecule has 0 radical (unpaired) electrons. The number of β-amino-alcohol motifs (C(OH)–C–C–N with tert-alkyl or cyclic N) is 1. The normalized spacial score (nSPS) is 13.9. The zero-order valence-electron chi connectivity index (χ0n) is 9.72. The van der Waals surface area contributed by atoms with Gasteiger partial charge in [0.25, 0.3) is 0 Å². The summed E-state index contributed by atoms with van der Waals surface area (Å²) < 4.78 is 14.2. The Kier molecular flexibility index (Phi) is 4.47. The second-order valence-corrected chi connectivity index (χ2v) is 5.73. The molecule has 0 saturated carbocycles. The number of rotatable bonds is 3. The van der Waals surface area contributed by atoms with E-state index in [0.29, 0.717) is 16.6 Å². The number of hydrogen-bond donors (Lipinski definition) is 2. The topological polar surface area (TPSA) is 32.3 Å². The Morgan fingerprint density at radius 1 is 1.44 bits per heavy atom. The van der Waals surface area contributed by atoms with E-state index in [1.807, 2.05) is 20.8 Å². The van der Waals surface area contributed by atoms with Crippen molar-refractivity contribution >= 4 is 15.9 Å². The third-order valence-corrected chi connectivity index (χ3v) is 2.64. The fourth-order valence-electron chi connectivity index (χ4n) is 1.28. The van der Waals surface area contributed by atoms with Crippen LogP contribution >= 0.6 is 15.9 Å². The number of aliphatic hydroxyl groups is 1. The van der Waals surface area contributed by atoms with Crippen LogP contribution in [0.15, 0.2) is 22.7 Å². The largest absolute Gasteiger partial charge is 0.387 e. The number of aliphatic hydroxyl groups excluding tert-OH is 1. The molecule has 1 rings (SSSR count). The molecule has 0 amide bonds. The molecule has 0 spiro atoms. The smallest absolute Gasteiger partial charge is 0.130 e. The van der Waals surface area contributed by atoms with Gasteiger partial charge in [0.05, 0.1) is 6.10 Å². The highest BCUT2D eigenvalue weighted by atomic mass is 79.9. The minimum absolute atomic E-state index is 0.0905. The van der Waals surface area contributed by atoms with Crippen molar-refractivity contribution in [3.8, 4) is 0 Å². The molecule has 1 unspecified atom stereocenters. The second kappa shape index (κ2) is 5.25. The molecule has 2 N–H and O–H groups in total. The molecule has 0 saturated heterocycles. The van der Waals surface area contributed by atoms with Crippen LogP contribution in [-0.2, 0) is 0 Å². The van der Waals surface area contributed by atoms with Gasteiger partial charge >= 0.3 is 0 Å². The fraction of sp³-hybridized carbons (Fsp3) is 0.500. The lowest BCUT2D eigenvalue weighted by Gasteiger charge is -2.23. The molecule has 1 aromatic rings. The molecule has 0 bridgehead atoms. The van der Waals surface area contributed by atoms with E-state index in [9.17, 15) is 9.50 Å². The summed E-state index contributed by atoms with van der Waals surface area (Å²) >= 11 is 3.18. The summed E-state index contributed by atoms with van der Waals surface area (Å²) in [6, 6.07) is 4.67. The van der Waals surface area contributed by atoms with E-state index in [2.05, 4.69) is 21.2 Å². The molecular formula is C12H17BrFNO. The van der Waals surface area contributed by atoms with E-state index >= 15 is 0 Å². The molecule has 0 aromatic heterocycles. The van der Waals surface area contributed by atoms with Crippen LogP contribution in [0.1, 0.15) is 32.4 Å². The summed E-state index contributed by atoms with van der Waals surface area (Å²) in [5, 5.41) is 13.0. The first kappa shape index (κ1) is 13.6. The molecule has 90 valence electrons. The molecule has 2 nitrogen and oxygen atoms in total. The van der Waals surface area contributed by atoms with E-state index in [-0.39, 0.29) is 5.54 Å². The number of nitrogens with one attached hydrogen (secondary N) is 1. The van der Waals surface area contributed by atoms with Gasteiger partial charge in [0.15, 0.2) is 0 Å². The SMILES string of the molecule is CC(C)(C)NCC(O)c1ccc(Br)cc1F. The summed E-state index contributed by atoms with van der Waals surface area (Å²) in [5.74, 6) is -0.391. The van der Waals surface area contributed by atoms with E-state index in [1.54, 1.807) is 12.1 Å². The van der Waals surface area contributed by atoms with Crippen molar-refractivity contribution in [3.05, 3.63) is 34.1 Å². The minimum atomic E-state index is -0.827. The lowest BCUT2D eigenvalue weighted by atomic mass is 10.1. The van der Waals surface area contributed by atoms with Gasteiger partial charge in [-0.2, -0.15) is 0 Å². The van der Waals surface area contributed by atoms with E-state index in [0.717, 1.165) is 0 Å². The predicted octanol–water partition coefficient (Wildman–Crippen LogP) is 3.01. The summed E-state index contributed by atoms with van der Waals surface area (Å²) in [6.07, 6.45) is -0.827. The van der Waals surface area contributed by atoms with Gasteiger partial charge in [-0.05, 0) is 32.9 Å². The number of halogens is 2. The van der Waals surface area contributed by atoms with Crippen molar-refractivity contribution in [1.82, 2.24) is 5.32 Å². The van der Waals surface area contributed by atoms with Crippen LogP contribution < -0.4 is 5.32 Å². The lowest BCUT2D eigenvalue weighted by molar-refractivity contribution is 0.159. The lowest BCUT2D eigenvalue weighted by Crippen LogP contribution is -2.38. The fourth-order valence-corrected chi connectivity index (χ4v) is 1.62. The summed E-state index contributed by atoms with van der Waals surface area (Å²) in [4.78, 5) is 0. The van der Waals surface area contributed by atoms with Crippen LogP contribution in [-0.4, -0.2) is 17.2 Å². The second-order valence-electron chi connectivity index (χ2n) is 4.81. The van der Waals surface area contributed by atoms with Crippen molar-refractivity contribution in [2.45, 2.75) is 32.4 Å². The predicted molar refractivity (Wildman–Crippen MR) is 66.8 cm³/mol. The minimum Gasteiger partial charge on any atom is -0.387 e. The average Bonchev–Trinajstić information content (AvgIpc) is 2.13. The van der Waals surface area contributed by atoms with Gasteiger partial charge in [-0.3, -0.25) is 0 Å². The maximum Gasteiger partial charge on any atom is 0.130 e. The van der Waals surface area contributed by atoms with Crippen LogP contribution in [0.25, 0.3) is 0 Å². The third kappa shape index (κ3) is 4.20. The van der Waals surface area contributed by atoms with E-state index in [1.165, 1.54) is 6.07 Å². The molecular weight excluding hydrogens is 273 g/mol. The highest BCUT2D eigenvalue weighted by molar-refractivity contribution is 9.10. The van der Waals surface area contributed by atoms with Crippen molar-refractivity contribution < 1.29 is 9.50 Å². The number of hydrogen-bond acceptors (Lipinski definition) is 2. The van der Waals surface area contributed by atoms with Crippen LogP contribution in [0, 0.1) is 5.82 Å². The molecule has 4 heteroatoms. The third-order valence-electron chi connectivity index (χ3n) is 2.15. The van der Waals surface area contributed by atoms with Crippen LogP contribution in [0.3, 0.4) is 0 Å². The van der Waals surface area contributed by atoms with Gasteiger partial charge < -0.3 is 10.4 Å².